The molecule has 1 aliphatic heterocycles. The van der Waals surface area contributed by atoms with E-state index < -0.39 is 24.1 Å². The number of amides is 1. The van der Waals surface area contributed by atoms with Crippen molar-refractivity contribution in [1.29, 1.82) is 0 Å². The summed E-state index contributed by atoms with van der Waals surface area (Å²) in [5, 5.41) is 12.6. The molecule has 0 bridgehead atoms. The number of nitrogens with zero attached hydrogens (tertiary/aromatic N) is 2. The largest absolute Gasteiger partial charge is 0.477 e. The summed E-state index contributed by atoms with van der Waals surface area (Å²) in [6.45, 7) is 3.74. The summed E-state index contributed by atoms with van der Waals surface area (Å²) in [6, 6.07) is -0.688. The minimum Gasteiger partial charge on any atom is -0.477 e. The number of carbonyl (C=O) groups excluding carboxylic acids is 1. The number of carboxylic acid groups (broad SMARTS) is 1. The molecule has 0 saturated carbocycles. The molecule has 2 aromatic heterocycles. The van der Waals surface area contributed by atoms with Crippen LogP contribution in [0.5, 0.6) is 0 Å². The smallest absolute Gasteiger partial charge is 0.347 e. The Morgan fingerprint density at radius 3 is 2.59 bits per heavy atom. The van der Waals surface area contributed by atoms with Crippen LogP contribution >= 0.6 is 34.5 Å². The van der Waals surface area contributed by atoms with Crippen LogP contribution in [-0.2, 0) is 0 Å². The van der Waals surface area contributed by atoms with Crippen molar-refractivity contribution in [3.8, 4) is 0 Å². The molecule has 2 aromatic rings. The first-order valence-corrected chi connectivity index (χ1v) is 9.70. The molecule has 3 heterocycles. The molecule has 146 valence electrons. The van der Waals surface area contributed by atoms with Crippen molar-refractivity contribution in [2.24, 2.45) is 0 Å². The Hall–Kier alpha value is -1.84. The van der Waals surface area contributed by atoms with Crippen LogP contribution in [0.1, 0.15) is 38.0 Å². The molecule has 0 aliphatic carbocycles. The number of halogens is 3. The third kappa shape index (κ3) is 3.90. The minimum absolute atomic E-state index is 0.00913. The lowest BCUT2D eigenvalue weighted by molar-refractivity contribution is 0.0700. The number of alkyl halides is 1. The zero-order valence-corrected chi connectivity index (χ0v) is 16.8. The molecule has 1 saturated heterocycles. The molecule has 0 spiro atoms. The lowest BCUT2D eigenvalue weighted by atomic mass is 10.0. The van der Waals surface area contributed by atoms with E-state index >= 15 is 0 Å². The van der Waals surface area contributed by atoms with Gasteiger partial charge in [-0.3, -0.25) is 4.79 Å². The van der Waals surface area contributed by atoms with E-state index in [1.54, 1.807) is 18.7 Å². The topological polar surface area (TPSA) is 98.3 Å². The van der Waals surface area contributed by atoms with E-state index in [0.717, 1.165) is 11.3 Å². The SMILES string of the molecule is Cc1nc(N2CC[C@@H](NC(=O)c3[nH]c(C)c(Cl)c3Cl)[C@@H](F)C2)sc1C(=O)O. The number of hydrogen-bond donors (Lipinski definition) is 3. The van der Waals surface area contributed by atoms with Crippen LogP contribution < -0.4 is 10.2 Å². The zero-order valence-electron chi connectivity index (χ0n) is 14.5. The summed E-state index contributed by atoms with van der Waals surface area (Å²) in [5.41, 5.74) is 1.07. The molecule has 0 aromatic carbocycles. The van der Waals surface area contributed by atoms with Gasteiger partial charge in [0, 0.05) is 12.2 Å². The number of nitrogens with one attached hydrogen (secondary N) is 2. The van der Waals surface area contributed by atoms with Gasteiger partial charge in [0.25, 0.3) is 5.91 Å². The fraction of sp³-hybridized carbons (Fsp3) is 0.438. The van der Waals surface area contributed by atoms with E-state index in [0.29, 0.717) is 29.5 Å². The number of carbonyl (C=O) groups is 2. The first-order chi connectivity index (χ1) is 12.7. The van der Waals surface area contributed by atoms with Crippen molar-refractivity contribution < 1.29 is 19.1 Å². The third-order valence-electron chi connectivity index (χ3n) is 4.39. The Labute approximate surface area is 168 Å². The summed E-state index contributed by atoms with van der Waals surface area (Å²) < 4.78 is 14.6. The quantitative estimate of drug-likeness (QED) is 0.684. The van der Waals surface area contributed by atoms with Gasteiger partial charge in [0.1, 0.15) is 16.7 Å². The van der Waals surface area contributed by atoms with Crippen LogP contribution in [0.4, 0.5) is 9.52 Å². The van der Waals surface area contributed by atoms with E-state index in [9.17, 15) is 14.0 Å². The van der Waals surface area contributed by atoms with E-state index in [1.807, 2.05) is 0 Å². The number of aromatic carboxylic acids is 1. The van der Waals surface area contributed by atoms with Crippen LogP contribution in [0.25, 0.3) is 0 Å². The first kappa shape index (κ1) is 19.9. The Balaban J connectivity index is 1.66. The summed E-state index contributed by atoms with van der Waals surface area (Å²) in [7, 11) is 0. The summed E-state index contributed by atoms with van der Waals surface area (Å²) in [6.07, 6.45) is -0.996. The molecule has 1 aliphatic rings. The number of H-pyrrole nitrogens is 1. The van der Waals surface area contributed by atoms with Crippen LogP contribution in [0.3, 0.4) is 0 Å². The van der Waals surface area contributed by atoms with Crippen LogP contribution in [0, 0.1) is 13.8 Å². The molecule has 3 N–H and O–H groups in total. The molecular weight excluding hydrogens is 418 g/mol. The molecule has 27 heavy (non-hydrogen) atoms. The number of hydrogen-bond acceptors (Lipinski definition) is 5. The average molecular weight is 435 g/mol. The molecular formula is C16H17Cl2FN4O3S. The van der Waals surface area contributed by atoms with Crippen LogP contribution in [0.2, 0.25) is 10.0 Å². The number of piperidine rings is 1. The van der Waals surface area contributed by atoms with E-state index in [-0.39, 0.29) is 27.2 Å². The van der Waals surface area contributed by atoms with Gasteiger partial charge >= 0.3 is 5.97 Å². The van der Waals surface area contributed by atoms with Crippen molar-refractivity contribution in [3.63, 3.8) is 0 Å². The summed E-state index contributed by atoms with van der Waals surface area (Å²) in [4.78, 5) is 32.4. The number of aryl methyl sites for hydroxylation is 2. The van der Waals surface area contributed by atoms with E-state index in [1.165, 1.54) is 0 Å². The second kappa shape index (κ2) is 7.65. The van der Waals surface area contributed by atoms with Gasteiger partial charge in [-0.1, -0.05) is 34.5 Å². The standard InChI is InChI=1S/C16H17Cl2FN4O3S/c1-6-10(17)11(18)12(20-6)14(24)22-9-3-4-23(5-8(9)19)16-21-7(2)13(27-16)15(25)26/h8-9,20H,3-5H2,1-2H3,(H,22,24)(H,25,26)/t8-,9+/m0/s1. The predicted molar refractivity (Wildman–Crippen MR) is 102 cm³/mol. The average Bonchev–Trinajstić information content (AvgIpc) is 3.12. The zero-order chi connectivity index (χ0) is 19.9. The van der Waals surface area contributed by atoms with E-state index in [2.05, 4.69) is 15.3 Å². The van der Waals surface area contributed by atoms with Crippen molar-refractivity contribution in [2.75, 3.05) is 18.0 Å². The number of thiazole rings is 1. The molecule has 2 atom stereocenters. The molecule has 0 radical (unpaired) electrons. The highest BCUT2D eigenvalue weighted by atomic mass is 35.5. The Morgan fingerprint density at radius 1 is 1.37 bits per heavy atom. The Morgan fingerprint density at radius 2 is 2.07 bits per heavy atom. The summed E-state index contributed by atoms with van der Waals surface area (Å²) >= 11 is 13.0. The second-order valence-corrected chi connectivity index (χ2v) is 8.03. The number of anilines is 1. The maximum absolute atomic E-state index is 14.6. The predicted octanol–water partition coefficient (Wildman–Crippen LogP) is 3.44. The first-order valence-electron chi connectivity index (χ1n) is 8.13. The van der Waals surface area contributed by atoms with Gasteiger partial charge in [-0.15, -0.1) is 0 Å². The monoisotopic (exact) mass is 434 g/mol. The number of rotatable bonds is 4. The lowest BCUT2D eigenvalue weighted by Gasteiger charge is -2.34. The molecule has 1 fully saturated rings. The van der Waals surface area contributed by atoms with Crippen molar-refractivity contribution in [1.82, 2.24) is 15.3 Å². The molecule has 11 heteroatoms. The second-order valence-electron chi connectivity index (χ2n) is 6.30. The van der Waals surface area contributed by atoms with Gasteiger partial charge in [0.15, 0.2) is 5.13 Å². The Kier molecular flexibility index (Phi) is 5.64. The molecule has 7 nitrogen and oxygen atoms in total. The fourth-order valence-corrected chi connectivity index (χ4v) is 4.28. The lowest BCUT2D eigenvalue weighted by Crippen LogP contribution is -2.52. The number of aromatic amines is 1. The molecule has 3 rings (SSSR count). The van der Waals surface area contributed by atoms with Gasteiger partial charge in [-0.2, -0.15) is 0 Å². The van der Waals surface area contributed by atoms with Crippen LogP contribution in [-0.4, -0.2) is 52.3 Å². The fourth-order valence-electron chi connectivity index (χ4n) is 2.93. The normalized spacial score (nSPS) is 20.0. The van der Waals surface area contributed by atoms with Crippen molar-refractivity contribution in [3.05, 3.63) is 32.0 Å². The van der Waals surface area contributed by atoms with Crippen LogP contribution in [0.15, 0.2) is 0 Å². The van der Waals surface area contributed by atoms with Gasteiger partial charge in [0.05, 0.1) is 28.3 Å². The number of carboxylic acids is 1. The van der Waals surface area contributed by atoms with Crippen molar-refractivity contribution >= 4 is 51.5 Å². The summed E-state index contributed by atoms with van der Waals surface area (Å²) in [5.74, 6) is -1.57. The van der Waals surface area contributed by atoms with E-state index in [4.69, 9.17) is 28.3 Å². The third-order valence-corrected chi connectivity index (χ3v) is 6.54. The highest BCUT2D eigenvalue weighted by Crippen LogP contribution is 2.31. The van der Waals surface area contributed by atoms with Crippen molar-refractivity contribution in [2.45, 2.75) is 32.5 Å². The maximum Gasteiger partial charge on any atom is 0.347 e. The highest BCUT2D eigenvalue weighted by Gasteiger charge is 2.33. The highest BCUT2D eigenvalue weighted by molar-refractivity contribution is 7.17. The van der Waals surface area contributed by atoms with Gasteiger partial charge in [0.2, 0.25) is 0 Å². The molecule has 0 unspecified atom stereocenters. The molecule has 1 amide bonds. The van der Waals surface area contributed by atoms with Gasteiger partial charge in [-0.25, -0.2) is 14.2 Å². The number of aromatic nitrogens is 2. The maximum atomic E-state index is 14.6. The van der Waals surface area contributed by atoms with Gasteiger partial charge in [-0.05, 0) is 20.3 Å². The minimum atomic E-state index is -1.34. The Bertz CT molecular complexity index is 901. The van der Waals surface area contributed by atoms with Gasteiger partial charge < -0.3 is 20.3 Å².